The Hall–Kier alpha value is -0.890. The van der Waals surface area contributed by atoms with Crippen molar-refractivity contribution in [1.29, 1.82) is 0 Å². The molecule has 1 aromatic carbocycles. The van der Waals surface area contributed by atoms with Crippen molar-refractivity contribution in [3.05, 3.63) is 34.1 Å². The third-order valence-electron chi connectivity index (χ3n) is 1.34. The predicted octanol–water partition coefficient (Wildman–Crippen LogP) is 2.60. The fraction of sp³-hybridized carbons (Fsp3) is 0.125. The van der Waals surface area contributed by atoms with E-state index in [1.54, 1.807) is 13.0 Å². The lowest BCUT2D eigenvalue weighted by Gasteiger charge is -1.98. The van der Waals surface area contributed by atoms with Gasteiger partial charge < -0.3 is 0 Å². The van der Waals surface area contributed by atoms with Gasteiger partial charge in [0.2, 0.25) is 0 Å². The minimum absolute atomic E-state index is 0.0720. The first-order valence-corrected chi connectivity index (χ1v) is 3.44. The van der Waals surface area contributed by atoms with Gasteiger partial charge in [-0.05, 0) is 24.6 Å². The molecule has 0 spiro atoms. The van der Waals surface area contributed by atoms with Gasteiger partial charge in [0.1, 0.15) is 5.82 Å². The molecule has 0 saturated heterocycles. The Kier molecular flexibility index (Phi) is 2.25. The van der Waals surface area contributed by atoms with Crippen LogP contribution < -0.4 is 0 Å². The van der Waals surface area contributed by atoms with Gasteiger partial charge in [0, 0.05) is 0 Å². The van der Waals surface area contributed by atoms with Crippen LogP contribution in [0.15, 0.2) is 12.1 Å². The van der Waals surface area contributed by atoms with Crippen LogP contribution >= 0.6 is 11.6 Å². The molecule has 0 amide bonds. The Bertz CT molecular complexity index is 273. The molecule has 0 aliphatic heterocycles. The first-order valence-electron chi connectivity index (χ1n) is 3.06. The molecule has 1 rings (SSSR count). The van der Waals surface area contributed by atoms with Crippen molar-refractivity contribution in [2.75, 3.05) is 0 Å². The summed E-state index contributed by atoms with van der Waals surface area (Å²) in [5.41, 5.74) is 0.635. The van der Waals surface area contributed by atoms with Crippen molar-refractivity contribution in [1.82, 2.24) is 0 Å². The van der Waals surface area contributed by atoms with Gasteiger partial charge in [-0.3, -0.25) is 4.79 Å². The average molecular weight is 173 g/mol. The molecule has 3 heteroatoms. The summed E-state index contributed by atoms with van der Waals surface area (Å²) in [4.78, 5) is 10.2. The SMILES string of the molecule is Cc1cc(F)c(C=O)c(Cl)c1. The third kappa shape index (κ3) is 1.57. The minimum Gasteiger partial charge on any atom is -0.298 e. The van der Waals surface area contributed by atoms with Gasteiger partial charge in [0.25, 0.3) is 0 Å². The molecular weight excluding hydrogens is 167 g/mol. The van der Waals surface area contributed by atoms with Crippen molar-refractivity contribution in [3.8, 4) is 0 Å². The van der Waals surface area contributed by atoms with Gasteiger partial charge in [-0.15, -0.1) is 0 Å². The van der Waals surface area contributed by atoms with Crippen LogP contribution in [0.25, 0.3) is 0 Å². The molecule has 0 unspecified atom stereocenters. The normalized spacial score (nSPS) is 9.73. The quantitative estimate of drug-likeness (QED) is 0.595. The maximum Gasteiger partial charge on any atom is 0.154 e. The highest BCUT2D eigenvalue weighted by Gasteiger charge is 2.05. The highest BCUT2D eigenvalue weighted by atomic mass is 35.5. The smallest absolute Gasteiger partial charge is 0.154 e. The second kappa shape index (κ2) is 3.01. The van der Waals surface area contributed by atoms with Crippen molar-refractivity contribution in [2.45, 2.75) is 6.92 Å². The summed E-state index contributed by atoms with van der Waals surface area (Å²) in [6.45, 7) is 1.71. The van der Waals surface area contributed by atoms with Crippen LogP contribution in [0.5, 0.6) is 0 Å². The lowest BCUT2D eigenvalue weighted by Crippen LogP contribution is -1.89. The average Bonchev–Trinajstić information content (AvgIpc) is 1.85. The number of carbonyl (C=O) groups excluding carboxylic acids is 1. The standard InChI is InChI=1S/C8H6ClFO/c1-5-2-7(9)6(4-11)8(10)3-5/h2-4H,1H3. The first-order chi connectivity index (χ1) is 5.15. The molecule has 0 aliphatic rings. The molecular formula is C8H6ClFO. The molecule has 11 heavy (non-hydrogen) atoms. The highest BCUT2D eigenvalue weighted by molar-refractivity contribution is 6.33. The van der Waals surface area contributed by atoms with Crippen LogP contribution in [0, 0.1) is 12.7 Å². The molecule has 1 aromatic rings. The molecule has 0 aromatic heterocycles. The Morgan fingerprint density at radius 1 is 1.55 bits per heavy atom. The van der Waals surface area contributed by atoms with Gasteiger partial charge in [0.05, 0.1) is 10.6 Å². The lowest BCUT2D eigenvalue weighted by atomic mass is 10.1. The number of carbonyl (C=O) groups is 1. The van der Waals surface area contributed by atoms with Crippen LogP contribution in [0.1, 0.15) is 15.9 Å². The Balaban J connectivity index is 3.36. The first kappa shape index (κ1) is 8.21. The fourth-order valence-corrected chi connectivity index (χ4v) is 1.13. The molecule has 0 N–H and O–H groups in total. The van der Waals surface area contributed by atoms with E-state index in [0.29, 0.717) is 11.8 Å². The van der Waals surface area contributed by atoms with Crippen LogP contribution in [-0.2, 0) is 0 Å². The monoisotopic (exact) mass is 172 g/mol. The molecule has 0 saturated carbocycles. The number of hydrogen-bond acceptors (Lipinski definition) is 1. The van der Waals surface area contributed by atoms with Crippen LogP contribution in [0.3, 0.4) is 0 Å². The number of hydrogen-bond donors (Lipinski definition) is 0. The zero-order chi connectivity index (χ0) is 8.43. The van der Waals surface area contributed by atoms with E-state index in [-0.39, 0.29) is 10.6 Å². The molecule has 0 aliphatic carbocycles. The van der Waals surface area contributed by atoms with Gasteiger partial charge >= 0.3 is 0 Å². The van der Waals surface area contributed by atoms with E-state index in [9.17, 15) is 9.18 Å². The molecule has 58 valence electrons. The van der Waals surface area contributed by atoms with Gasteiger partial charge in [-0.25, -0.2) is 4.39 Å². The van der Waals surface area contributed by atoms with E-state index in [1.165, 1.54) is 6.07 Å². The van der Waals surface area contributed by atoms with E-state index in [0.717, 1.165) is 0 Å². The molecule has 0 heterocycles. The Labute approximate surface area is 68.8 Å². The zero-order valence-electron chi connectivity index (χ0n) is 5.90. The van der Waals surface area contributed by atoms with Gasteiger partial charge in [-0.2, -0.15) is 0 Å². The number of halogens is 2. The molecule has 0 fully saturated rings. The summed E-state index contributed by atoms with van der Waals surface area (Å²) < 4.78 is 12.8. The highest BCUT2D eigenvalue weighted by Crippen LogP contribution is 2.18. The maximum atomic E-state index is 12.8. The zero-order valence-corrected chi connectivity index (χ0v) is 6.65. The van der Waals surface area contributed by atoms with Crippen molar-refractivity contribution >= 4 is 17.9 Å². The maximum absolute atomic E-state index is 12.8. The second-order valence-electron chi connectivity index (χ2n) is 2.26. The predicted molar refractivity (Wildman–Crippen MR) is 41.5 cm³/mol. The molecule has 1 nitrogen and oxygen atoms in total. The number of aryl methyl sites for hydroxylation is 1. The van der Waals surface area contributed by atoms with E-state index < -0.39 is 5.82 Å². The summed E-state index contributed by atoms with van der Waals surface area (Å²) >= 11 is 5.56. The van der Waals surface area contributed by atoms with Crippen molar-refractivity contribution in [2.24, 2.45) is 0 Å². The van der Waals surface area contributed by atoms with E-state index >= 15 is 0 Å². The largest absolute Gasteiger partial charge is 0.298 e. The Morgan fingerprint density at radius 2 is 2.18 bits per heavy atom. The topological polar surface area (TPSA) is 17.1 Å². The van der Waals surface area contributed by atoms with Crippen molar-refractivity contribution < 1.29 is 9.18 Å². The molecule has 0 bridgehead atoms. The lowest BCUT2D eigenvalue weighted by molar-refractivity contribution is 0.112. The number of benzene rings is 1. The second-order valence-corrected chi connectivity index (χ2v) is 2.67. The Morgan fingerprint density at radius 3 is 2.64 bits per heavy atom. The number of aldehydes is 1. The summed E-state index contributed by atoms with van der Waals surface area (Å²) in [7, 11) is 0. The number of rotatable bonds is 1. The summed E-state index contributed by atoms with van der Waals surface area (Å²) in [5, 5.41) is 0.164. The van der Waals surface area contributed by atoms with Gasteiger partial charge in [-0.1, -0.05) is 11.6 Å². The van der Waals surface area contributed by atoms with E-state index in [2.05, 4.69) is 0 Å². The summed E-state index contributed by atoms with van der Waals surface area (Å²) in [6, 6.07) is 2.82. The fourth-order valence-electron chi connectivity index (χ4n) is 0.824. The van der Waals surface area contributed by atoms with Crippen LogP contribution in [0.4, 0.5) is 4.39 Å². The summed E-state index contributed by atoms with van der Waals surface area (Å²) in [5.74, 6) is -0.565. The molecule has 0 radical (unpaired) electrons. The van der Waals surface area contributed by atoms with Gasteiger partial charge in [0.15, 0.2) is 6.29 Å². The summed E-state index contributed by atoms with van der Waals surface area (Å²) in [6.07, 6.45) is 0.414. The molecule has 0 atom stereocenters. The third-order valence-corrected chi connectivity index (χ3v) is 1.65. The minimum atomic E-state index is -0.565. The van der Waals surface area contributed by atoms with Crippen molar-refractivity contribution in [3.63, 3.8) is 0 Å². The van der Waals surface area contributed by atoms with Crippen LogP contribution in [-0.4, -0.2) is 6.29 Å². The van der Waals surface area contributed by atoms with E-state index in [4.69, 9.17) is 11.6 Å². The van der Waals surface area contributed by atoms with E-state index in [1.807, 2.05) is 0 Å². The van der Waals surface area contributed by atoms with Crippen LogP contribution in [0.2, 0.25) is 5.02 Å².